The van der Waals surface area contributed by atoms with Crippen LogP contribution in [-0.2, 0) is 10.3 Å². The minimum atomic E-state index is -0.959. The maximum Gasteiger partial charge on any atom is 0.410 e. The largest absolute Gasteiger partial charge is 0.444 e. The lowest BCUT2D eigenvalue weighted by Crippen LogP contribution is -2.53. The van der Waals surface area contributed by atoms with E-state index in [1.807, 2.05) is 50.8 Å². The molecule has 1 aromatic carbocycles. The van der Waals surface area contributed by atoms with Crippen molar-refractivity contribution in [1.82, 2.24) is 9.88 Å². The van der Waals surface area contributed by atoms with Crippen LogP contribution in [0.3, 0.4) is 0 Å². The van der Waals surface area contributed by atoms with Gasteiger partial charge >= 0.3 is 6.09 Å². The van der Waals surface area contributed by atoms with Crippen LogP contribution in [0.1, 0.15) is 57.9 Å². The normalized spacial score (nSPS) is 28.6. The van der Waals surface area contributed by atoms with Gasteiger partial charge in [0.25, 0.3) is 0 Å². The van der Waals surface area contributed by atoms with Crippen molar-refractivity contribution in [2.75, 3.05) is 0 Å². The Morgan fingerprint density at radius 3 is 2.58 bits per heavy atom. The first-order valence-corrected chi connectivity index (χ1v) is 9.26. The van der Waals surface area contributed by atoms with Crippen LogP contribution < -0.4 is 0 Å². The summed E-state index contributed by atoms with van der Waals surface area (Å²) in [5, 5.41) is 11.4. The number of piperidine rings is 1. The van der Waals surface area contributed by atoms with Crippen LogP contribution >= 0.6 is 0 Å². The highest BCUT2D eigenvalue weighted by Gasteiger charge is 2.51. The van der Waals surface area contributed by atoms with Crippen LogP contribution in [0.15, 0.2) is 22.6 Å². The number of carbonyl (C=O) groups is 1. The van der Waals surface area contributed by atoms with E-state index >= 15 is 0 Å². The number of amides is 1. The van der Waals surface area contributed by atoms with E-state index < -0.39 is 11.2 Å². The van der Waals surface area contributed by atoms with Gasteiger partial charge in [-0.1, -0.05) is 6.07 Å². The van der Waals surface area contributed by atoms with E-state index in [-0.39, 0.29) is 18.2 Å². The van der Waals surface area contributed by atoms with Crippen molar-refractivity contribution in [2.45, 2.75) is 76.7 Å². The Kier molecular flexibility index (Phi) is 3.81. The molecule has 2 fully saturated rings. The lowest BCUT2D eigenvalue weighted by molar-refractivity contribution is -0.0624. The van der Waals surface area contributed by atoms with Gasteiger partial charge in [0.1, 0.15) is 11.1 Å². The van der Waals surface area contributed by atoms with E-state index in [1.54, 1.807) is 0 Å². The summed E-state index contributed by atoms with van der Waals surface area (Å²) in [4.78, 5) is 18.8. The lowest BCUT2D eigenvalue weighted by Gasteiger charge is -2.44. The molecule has 6 nitrogen and oxygen atoms in total. The standard InChI is InChI=1S/C20H26N2O4/c1-12-21-16-8-5-13(9-17(16)25-12)20(24)10-14-6-7-15(11-20)22(14)18(23)26-19(2,3)4/h5,8-9,14-15,24H,6-7,10-11H2,1-4H3. The fraction of sp³-hybridized carbons (Fsp3) is 0.600. The maximum atomic E-state index is 12.6. The lowest BCUT2D eigenvalue weighted by atomic mass is 9.80. The third-order valence-corrected chi connectivity index (χ3v) is 5.40. The van der Waals surface area contributed by atoms with Crippen molar-refractivity contribution in [3.63, 3.8) is 0 Å². The molecule has 2 atom stereocenters. The van der Waals surface area contributed by atoms with Crippen LogP contribution in [0.4, 0.5) is 4.79 Å². The molecule has 2 aromatic rings. The number of aromatic nitrogens is 1. The number of rotatable bonds is 1. The van der Waals surface area contributed by atoms with E-state index in [2.05, 4.69) is 4.98 Å². The highest BCUT2D eigenvalue weighted by atomic mass is 16.6. The number of benzene rings is 1. The zero-order chi connectivity index (χ0) is 18.7. The van der Waals surface area contributed by atoms with Gasteiger partial charge in [-0.2, -0.15) is 0 Å². The first kappa shape index (κ1) is 17.3. The summed E-state index contributed by atoms with van der Waals surface area (Å²) in [5.41, 5.74) is 0.847. The number of hydrogen-bond donors (Lipinski definition) is 1. The number of hydrogen-bond acceptors (Lipinski definition) is 5. The van der Waals surface area contributed by atoms with E-state index in [0.717, 1.165) is 23.9 Å². The van der Waals surface area contributed by atoms with Gasteiger partial charge < -0.3 is 19.2 Å². The van der Waals surface area contributed by atoms with Crippen molar-refractivity contribution in [3.05, 3.63) is 29.7 Å². The maximum absolute atomic E-state index is 12.6. The van der Waals surface area contributed by atoms with Gasteiger partial charge in [0.05, 0.1) is 5.60 Å². The summed E-state index contributed by atoms with van der Waals surface area (Å²) in [6.07, 6.45) is 2.56. The van der Waals surface area contributed by atoms with Crippen molar-refractivity contribution >= 4 is 17.2 Å². The SMILES string of the molecule is Cc1nc2ccc(C3(O)CC4CCC(C3)N4C(=O)OC(C)(C)C)cc2o1. The Bertz CT molecular complexity index is 837. The van der Waals surface area contributed by atoms with Crippen molar-refractivity contribution in [2.24, 2.45) is 0 Å². The zero-order valence-electron chi connectivity index (χ0n) is 15.8. The van der Waals surface area contributed by atoms with Crippen LogP contribution in [0.2, 0.25) is 0 Å². The summed E-state index contributed by atoms with van der Waals surface area (Å²) >= 11 is 0. The fourth-order valence-corrected chi connectivity index (χ4v) is 4.40. The molecule has 2 bridgehead atoms. The summed E-state index contributed by atoms with van der Waals surface area (Å²) in [6.45, 7) is 7.44. The highest BCUT2D eigenvalue weighted by Crippen LogP contribution is 2.46. The predicted molar refractivity (Wildman–Crippen MR) is 96.8 cm³/mol. The Balaban J connectivity index is 1.59. The Morgan fingerprint density at radius 2 is 1.96 bits per heavy atom. The summed E-state index contributed by atoms with van der Waals surface area (Å²) in [5.74, 6) is 0.615. The van der Waals surface area contributed by atoms with Gasteiger partial charge in [-0.05, 0) is 51.3 Å². The van der Waals surface area contributed by atoms with E-state index in [1.165, 1.54) is 0 Å². The Labute approximate surface area is 153 Å². The van der Waals surface area contributed by atoms with Gasteiger partial charge in [0, 0.05) is 31.8 Å². The monoisotopic (exact) mass is 358 g/mol. The predicted octanol–water partition coefficient (Wildman–Crippen LogP) is 3.89. The third kappa shape index (κ3) is 2.96. The molecule has 0 spiro atoms. The molecule has 2 unspecified atom stereocenters. The molecule has 2 aliphatic heterocycles. The molecular weight excluding hydrogens is 332 g/mol. The number of fused-ring (bicyclic) bond motifs is 3. The second-order valence-corrected chi connectivity index (χ2v) is 8.63. The molecule has 1 amide bonds. The summed E-state index contributed by atoms with van der Waals surface area (Å²) in [7, 11) is 0. The minimum absolute atomic E-state index is 0.000703. The zero-order valence-corrected chi connectivity index (χ0v) is 15.8. The Morgan fingerprint density at radius 1 is 1.31 bits per heavy atom. The summed E-state index contributed by atoms with van der Waals surface area (Å²) < 4.78 is 11.2. The minimum Gasteiger partial charge on any atom is -0.444 e. The van der Waals surface area contributed by atoms with Crippen molar-refractivity contribution in [1.29, 1.82) is 0 Å². The molecule has 140 valence electrons. The number of nitrogens with zero attached hydrogens (tertiary/aromatic N) is 2. The Hall–Kier alpha value is -2.08. The molecule has 0 radical (unpaired) electrons. The molecule has 1 N–H and O–H groups in total. The number of oxazole rings is 1. The topological polar surface area (TPSA) is 75.8 Å². The second kappa shape index (κ2) is 5.71. The molecular formula is C20H26N2O4. The number of carbonyl (C=O) groups excluding carboxylic acids is 1. The molecule has 1 aromatic heterocycles. The molecule has 2 aliphatic rings. The molecule has 26 heavy (non-hydrogen) atoms. The van der Waals surface area contributed by atoms with Crippen molar-refractivity contribution < 1.29 is 19.1 Å². The van der Waals surface area contributed by atoms with Gasteiger partial charge in [0.15, 0.2) is 11.5 Å². The molecule has 0 aliphatic carbocycles. The molecule has 0 saturated carbocycles. The van der Waals surface area contributed by atoms with Gasteiger partial charge in [-0.25, -0.2) is 9.78 Å². The first-order valence-electron chi connectivity index (χ1n) is 9.26. The van der Waals surface area contributed by atoms with Crippen LogP contribution in [0, 0.1) is 6.92 Å². The van der Waals surface area contributed by atoms with Gasteiger partial charge in [-0.3, -0.25) is 0 Å². The average molecular weight is 358 g/mol. The van der Waals surface area contributed by atoms with E-state index in [9.17, 15) is 9.90 Å². The van der Waals surface area contributed by atoms with Crippen molar-refractivity contribution in [3.8, 4) is 0 Å². The number of ether oxygens (including phenoxy) is 1. The van der Waals surface area contributed by atoms with Crippen LogP contribution in [-0.4, -0.2) is 38.8 Å². The third-order valence-electron chi connectivity index (χ3n) is 5.40. The molecule has 6 heteroatoms. The fourth-order valence-electron chi connectivity index (χ4n) is 4.40. The molecule has 3 heterocycles. The average Bonchev–Trinajstić information content (AvgIpc) is 3.02. The van der Waals surface area contributed by atoms with Crippen LogP contribution in [0.25, 0.3) is 11.1 Å². The van der Waals surface area contributed by atoms with Gasteiger partial charge in [0.2, 0.25) is 0 Å². The van der Waals surface area contributed by atoms with Crippen LogP contribution in [0.5, 0.6) is 0 Å². The van der Waals surface area contributed by atoms with E-state index in [4.69, 9.17) is 9.15 Å². The number of aliphatic hydroxyl groups is 1. The smallest absolute Gasteiger partial charge is 0.410 e. The summed E-state index contributed by atoms with van der Waals surface area (Å²) in [6, 6.07) is 5.70. The highest BCUT2D eigenvalue weighted by molar-refractivity contribution is 5.74. The number of aryl methyl sites for hydroxylation is 1. The molecule has 2 saturated heterocycles. The second-order valence-electron chi connectivity index (χ2n) is 8.63. The molecule has 4 rings (SSSR count). The first-order chi connectivity index (χ1) is 12.1. The van der Waals surface area contributed by atoms with E-state index in [0.29, 0.717) is 24.3 Å². The quantitative estimate of drug-likeness (QED) is 0.837. The van der Waals surface area contributed by atoms with Gasteiger partial charge in [-0.15, -0.1) is 0 Å².